The molecule has 2 atom stereocenters. The van der Waals surface area contributed by atoms with Crippen LogP contribution >= 0.6 is 0 Å². The van der Waals surface area contributed by atoms with E-state index in [9.17, 15) is 15.3 Å². The van der Waals surface area contributed by atoms with Crippen molar-refractivity contribution in [2.45, 2.75) is 175 Å². The van der Waals surface area contributed by atoms with Crippen molar-refractivity contribution in [3.63, 3.8) is 0 Å². The molecule has 0 amide bonds. The molecule has 0 saturated carbocycles. The van der Waals surface area contributed by atoms with Gasteiger partial charge in [0.15, 0.2) is 0 Å². The van der Waals surface area contributed by atoms with Crippen LogP contribution in [-0.4, -0.2) is 39.8 Å². The highest BCUT2D eigenvalue weighted by Gasteiger charge is 2.46. The zero-order valence-electron chi connectivity index (χ0n) is 56.6. The molecule has 478 valence electrons. The highest BCUT2D eigenvalue weighted by atomic mass is 16.5. The maximum Gasteiger partial charge on any atom is 0.144 e. The minimum absolute atomic E-state index is 0.0824. The summed E-state index contributed by atoms with van der Waals surface area (Å²) in [6.45, 7) is 32.6. The third kappa shape index (κ3) is 15.9. The van der Waals surface area contributed by atoms with Crippen LogP contribution in [0.25, 0.3) is 0 Å². The number of aliphatic hydroxyl groups is 2. The fourth-order valence-electron chi connectivity index (χ4n) is 11.4. The molecule has 9 heteroatoms. The monoisotopic (exact) mass is 1230 g/mol. The Kier molecular flexibility index (Phi) is 20.6. The smallest absolute Gasteiger partial charge is 0.144 e. The SMILES string of the molecule is Cc1cc(C=N[C@@H](C)C(O)(c2cc(C(C)(C)C)ccc2OCc2ccccc2)c2cc(C(C)(C)C)ccc2OCc2ccccc2)c(O)c(C=N[C@@H](C)C(O)(c2cc(C(C)(C)C)ccc2OCc2ccccc2)c2cc(C(C)(C)C)ccc2OCc2ccccc2)c1. The summed E-state index contributed by atoms with van der Waals surface area (Å²) < 4.78 is 27.2. The number of hydrogen-bond acceptors (Lipinski definition) is 9. The van der Waals surface area contributed by atoms with E-state index in [1.54, 1.807) is 12.4 Å². The van der Waals surface area contributed by atoms with Gasteiger partial charge in [0, 0.05) is 45.8 Å². The van der Waals surface area contributed by atoms with Crippen LogP contribution in [-0.2, 0) is 59.3 Å². The van der Waals surface area contributed by atoms with Crippen LogP contribution in [0.15, 0.2) is 216 Å². The van der Waals surface area contributed by atoms with Crippen LogP contribution < -0.4 is 18.9 Å². The molecule has 0 aliphatic rings. The first kappa shape index (κ1) is 67.6. The van der Waals surface area contributed by atoms with Crippen molar-refractivity contribution in [2.24, 2.45) is 9.98 Å². The summed E-state index contributed by atoms with van der Waals surface area (Å²) >= 11 is 0. The first-order valence-electron chi connectivity index (χ1n) is 32.1. The standard InChI is InChI=1S/C83H94N2O7/c1-56-44-63(50-84-57(2)82(87,69-46-65(78(4,5)6)36-40-73(69)89-52-59-28-20-16-21-29-59)70-47-66(79(7,8)9)37-41-74(70)90-53-60-30-22-17-23-31-60)77(86)64(45-56)51-85-58(3)83(88,71-48-67(80(10,11)12)38-42-75(71)91-54-61-32-24-18-25-33-61)72-49-68(81(13,14)15)39-43-76(72)92-55-62-34-26-19-27-35-62/h16-51,57-58,86-88H,52-55H2,1-15H3/t57-,58-/m0/s1. The quantitative estimate of drug-likeness (QED) is 0.0578. The number of aliphatic imine (C=N–C) groups is 2. The van der Waals surface area contributed by atoms with E-state index in [4.69, 9.17) is 28.9 Å². The Bertz CT molecular complexity index is 3530. The van der Waals surface area contributed by atoms with Gasteiger partial charge in [0.1, 0.15) is 66.4 Å². The molecule has 0 aromatic heterocycles. The largest absolute Gasteiger partial charge is 0.507 e. The number of nitrogens with zero attached hydrogens (tertiary/aromatic N) is 2. The third-order valence-corrected chi connectivity index (χ3v) is 17.4. The molecule has 0 saturated heterocycles. The number of ether oxygens (including phenoxy) is 4. The molecule has 0 bridgehead atoms. The lowest BCUT2D eigenvalue weighted by molar-refractivity contribution is 0.0512. The van der Waals surface area contributed by atoms with Gasteiger partial charge >= 0.3 is 0 Å². The number of aryl methyl sites for hydroxylation is 1. The molecule has 9 aromatic carbocycles. The van der Waals surface area contributed by atoms with Crippen LogP contribution in [0, 0.1) is 6.92 Å². The number of aromatic hydroxyl groups is 1. The lowest BCUT2D eigenvalue weighted by Gasteiger charge is -2.37. The predicted molar refractivity (Wildman–Crippen MR) is 377 cm³/mol. The Hall–Kier alpha value is -8.76. The van der Waals surface area contributed by atoms with Gasteiger partial charge in [-0.3, -0.25) is 9.98 Å². The van der Waals surface area contributed by atoms with E-state index >= 15 is 0 Å². The second-order valence-corrected chi connectivity index (χ2v) is 28.7. The summed E-state index contributed by atoms with van der Waals surface area (Å²) in [6.07, 6.45) is 3.27. The molecule has 0 fully saturated rings. The molecule has 0 aliphatic carbocycles. The molecule has 9 rings (SSSR count). The molecule has 0 spiro atoms. The molecular weight excluding hydrogens is 1140 g/mol. The molecule has 0 unspecified atom stereocenters. The lowest BCUT2D eigenvalue weighted by Crippen LogP contribution is -2.39. The normalized spacial score (nSPS) is 13.3. The van der Waals surface area contributed by atoms with Gasteiger partial charge in [0.2, 0.25) is 0 Å². The van der Waals surface area contributed by atoms with Crippen molar-refractivity contribution in [1.29, 1.82) is 0 Å². The maximum atomic E-state index is 14.4. The summed E-state index contributed by atoms with van der Waals surface area (Å²) in [7, 11) is 0. The number of benzene rings is 9. The topological polar surface area (TPSA) is 122 Å². The van der Waals surface area contributed by atoms with Crippen LogP contribution in [0.3, 0.4) is 0 Å². The van der Waals surface area contributed by atoms with E-state index < -0.39 is 23.3 Å². The number of phenols is 1. The molecule has 9 nitrogen and oxygen atoms in total. The molecule has 0 radical (unpaired) electrons. The van der Waals surface area contributed by atoms with Crippen LogP contribution in [0.1, 0.15) is 180 Å². The first-order chi connectivity index (χ1) is 43.5. The molecule has 3 N–H and O–H groups in total. The van der Waals surface area contributed by atoms with E-state index in [-0.39, 0.29) is 53.8 Å². The molecule has 9 aromatic rings. The summed E-state index contributed by atoms with van der Waals surface area (Å²) in [5.41, 5.74) is 6.50. The van der Waals surface area contributed by atoms with Crippen molar-refractivity contribution < 1.29 is 34.3 Å². The zero-order chi connectivity index (χ0) is 66.2. The van der Waals surface area contributed by atoms with Crippen molar-refractivity contribution in [1.82, 2.24) is 0 Å². The highest BCUT2D eigenvalue weighted by molar-refractivity contribution is 5.92. The summed E-state index contributed by atoms with van der Waals surface area (Å²) in [5, 5.41) is 41.4. The van der Waals surface area contributed by atoms with E-state index in [1.807, 2.05) is 203 Å². The zero-order valence-corrected chi connectivity index (χ0v) is 56.6. The Morgan fingerprint density at radius 1 is 0.348 bits per heavy atom. The van der Waals surface area contributed by atoms with Gasteiger partial charge in [-0.2, -0.15) is 0 Å². The summed E-state index contributed by atoms with van der Waals surface area (Å²) in [5.74, 6) is 1.89. The fraction of sp³-hybridized carbons (Fsp3) is 0.325. The van der Waals surface area contributed by atoms with E-state index in [0.29, 0.717) is 56.4 Å². The van der Waals surface area contributed by atoms with Crippen LogP contribution in [0.5, 0.6) is 28.7 Å². The van der Waals surface area contributed by atoms with Gasteiger partial charge in [0.05, 0.1) is 12.1 Å². The van der Waals surface area contributed by atoms with Gasteiger partial charge in [-0.05, 0) is 153 Å². The summed E-state index contributed by atoms with van der Waals surface area (Å²) in [4.78, 5) is 10.5. The second-order valence-electron chi connectivity index (χ2n) is 28.7. The van der Waals surface area contributed by atoms with Gasteiger partial charge in [-0.1, -0.05) is 229 Å². The Morgan fingerprint density at radius 3 is 0.793 bits per heavy atom. The van der Waals surface area contributed by atoms with E-state index in [0.717, 1.165) is 50.1 Å². The number of phenolic OH excluding ortho intramolecular Hbond substituents is 1. The van der Waals surface area contributed by atoms with E-state index in [2.05, 4.69) is 107 Å². The van der Waals surface area contributed by atoms with Crippen molar-refractivity contribution in [2.75, 3.05) is 0 Å². The Morgan fingerprint density at radius 2 is 0.576 bits per heavy atom. The molecule has 0 heterocycles. The van der Waals surface area contributed by atoms with E-state index in [1.165, 1.54) is 0 Å². The van der Waals surface area contributed by atoms with Crippen molar-refractivity contribution >= 4 is 12.4 Å². The average Bonchev–Trinajstić information content (AvgIpc) is 0.748. The molecule has 0 aliphatic heterocycles. The summed E-state index contributed by atoms with van der Waals surface area (Å²) in [6, 6.07) is 66.2. The highest BCUT2D eigenvalue weighted by Crippen LogP contribution is 2.49. The first-order valence-corrected chi connectivity index (χ1v) is 32.1. The second kappa shape index (κ2) is 28.0. The lowest BCUT2D eigenvalue weighted by atomic mass is 9.75. The molecule has 92 heavy (non-hydrogen) atoms. The molecular formula is C83H94N2O7. The fourth-order valence-corrected chi connectivity index (χ4v) is 11.4. The van der Waals surface area contributed by atoms with Crippen LogP contribution in [0.2, 0.25) is 0 Å². The number of hydrogen-bond donors (Lipinski definition) is 3. The Labute approximate surface area is 547 Å². The van der Waals surface area contributed by atoms with Crippen LogP contribution in [0.4, 0.5) is 0 Å². The minimum atomic E-state index is -1.90. The van der Waals surface area contributed by atoms with Gasteiger partial charge in [-0.15, -0.1) is 0 Å². The van der Waals surface area contributed by atoms with Crippen molar-refractivity contribution in [3.05, 3.63) is 290 Å². The van der Waals surface area contributed by atoms with Crippen molar-refractivity contribution in [3.8, 4) is 28.7 Å². The van der Waals surface area contributed by atoms with Gasteiger partial charge in [0.25, 0.3) is 0 Å². The van der Waals surface area contributed by atoms with Gasteiger partial charge < -0.3 is 34.3 Å². The van der Waals surface area contributed by atoms with Gasteiger partial charge in [-0.25, -0.2) is 0 Å². The number of rotatable bonds is 22. The predicted octanol–water partition coefficient (Wildman–Crippen LogP) is 18.7. The Balaban J connectivity index is 1.19. The average molecular weight is 1230 g/mol. The minimum Gasteiger partial charge on any atom is -0.507 e. The maximum absolute atomic E-state index is 14.4. The third-order valence-electron chi connectivity index (χ3n) is 17.4.